The molecule has 0 atom stereocenters. The normalized spacial score (nSPS) is 10.4. The van der Waals surface area contributed by atoms with E-state index in [1.54, 1.807) is 12.1 Å². The molecule has 0 saturated heterocycles. The number of methoxy groups -OCH3 is 1. The molecule has 96 valence electrons. The molecule has 0 N–H and O–H groups in total. The van der Waals surface area contributed by atoms with Crippen molar-refractivity contribution in [3.8, 4) is 5.75 Å². The fraction of sp³-hybridized carbons (Fsp3) is 0.0625. The minimum atomic E-state index is -0.715. The molecule has 0 saturated carbocycles. The maximum absolute atomic E-state index is 10.9. The van der Waals surface area contributed by atoms with Gasteiger partial charge in [-0.05, 0) is 23.3 Å². The van der Waals surface area contributed by atoms with Crippen molar-refractivity contribution in [2.45, 2.75) is 0 Å². The molecule has 3 heteroatoms. The Hall–Kier alpha value is -2.55. The van der Waals surface area contributed by atoms with Crippen LogP contribution in [0.25, 0.3) is 12.2 Å². The quantitative estimate of drug-likeness (QED) is 0.472. The smallest absolute Gasteiger partial charge is 0.437 e. The first-order valence-corrected chi connectivity index (χ1v) is 5.87. The second kappa shape index (κ2) is 6.40. The number of hydrogen-bond acceptors (Lipinski definition) is 3. The van der Waals surface area contributed by atoms with E-state index < -0.39 is 6.16 Å². The van der Waals surface area contributed by atoms with Gasteiger partial charge in [-0.2, -0.15) is 0 Å². The number of carbonyl (C=O) groups is 1. The molecule has 0 amide bonds. The SMILES string of the molecule is COC(=O)Oc1ccc(C=Cc2ccccc2)cc1. The van der Waals surface area contributed by atoms with Crippen LogP contribution in [0.5, 0.6) is 5.75 Å². The van der Waals surface area contributed by atoms with E-state index in [4.69, 9.17) is 4.74 Å². The molecule has 0 heterocycles. The molecule has 0 aliphatic carbocycles. The minimum absolute atomic E-state index is 0.462. The lowest BCUT2D eigenvalue weighted by atomic mass is 10.1. The topological polar surface area (TPSA) is 35.5 Å². The summed E-state index contributed by atoms with van der Waals surface area (Å²) in [6, 6.07) is 17.2. The fourth-order valence-corrected chi connectivity index (χ4v) is 1.54. The van der Waals surface area contributed by atoms with Crippen molar-refractivity contribution in [1.29, 1.82) is 0 Å². The fourth-order valence-electron chi connectivity index (χ4n) is 1.54. The largest absolute Gasteiger partial charge is 0.513 e. The van der Waals surface area contributed by atoms with Crippen LogP contribution in [0.2, 0.25) is 0 Å². The van der Waals surface area contributed by atoms with Crippen LogP contribution in [0.1, 0.15) is 11.1 Å². The summed E-state index contributed by atoms with van der Waals surface area (Å²) < 4.78 is 9.31. The predicted molar refractivity (Wildman–Crippen MR) is 74.8 cm³/mol. The monoisotopic (exact) mass is 254 g/mol. The van der Waals surface area contributed by atoms with Crippen molar-refractivity contribution in [3.05, 3.63) is 65.7 Å². The van der Waals surface area contributed by atoms with E-state index in [1.165, 1.54) is 7.11 Å². The van der Waals surface area contributed by atoms with Gasteiger partial charge in [-0.25, -0.2) is 4.79 Å². The van der Waals surface area contributed by atoms with Gasteiger partial charge in [0.25, 0.3) is 0 Å². The van der Waals surface area contributed by atoms with Crippen LogP contribution >= 0.6 is 0 Å². The molecule has 0 radical (unpaired) electrons. The second-order valence-electron chi connectivity index (χ2n) is 3.87. The number of benzene rings is 2. The molecular weight excluding hydrogens is 240 g/mol. The average molecular weight is 254 g/mol. The Kier molecular flexibility index (Phi) is 4.34. The minimum Gasteiger partial charge on any atom is -0.437 e. The maximum atomic E-state index is 10.9. The first-order valence-electron chi connectivity index (χ1n) is 5.87. The summed E-state index contributed by atoms with van der Waals surface area (Å²) in [5.41, 5.74) is 2.17. The van der Waals surface area contributed by atoms with E-state index >= 15 is 0 Å². The molecule has 0 fully saturated rings. The molecule has 2 rings (SSSR count). The molecule has 3 nitrogen and oxygen atoms in total. The van der Waals surface area contributed by atoms with Gasteiger partial charge in [0, 0.05) is 0 Å². The van der Waals surface area contributed by atoms with Gasteiger partial charge in [-0.15, -0.1) is 0 Å². The van der Waals surface area contributed by atoms with Crippen LogP contribution in [0, 0.1) is 0 Å². The van der Waals surface area contributed by atoms with E-state index in [1.807, 2.05) is 54.6 Å². The van der Waals surface area contributed by atoms with Gasteiger partial charge in [0.05, 0.1) is 7.11 Å². The Balaban J connectivity index is 2.03. The summed E-state index contributed by atoms with van der Waals surface area (Å²) in [6.07, 6.45) is 3.31. The Labute approximate surface area is 112 Å². The average Bonchev–Trinajstić information content (AvgIpc) is 2.47. The van der Waals surface area contributed by atoms with Crippen molar-refractivity contribution in [3.63, 3.8) is 0 Å². The summed E-state index contributed by atoms with van der Waals surface area (Å²) in [5.74, 6) is 0.462. The third kappa shape index (κ3) is 4.00. The zero-order chi connectivity index (χ0) is 13.5. The van der Waals surface area contributed by atoms with E-state index in [-0.39, 0.29) is 0 Å². The van der Waals surface area contributed by atoms with Crippen LogP contribution in [0.15, 0.2) is 54.6 Å². The summed E-state index contributed by atoms with van der Waals surface area (Å²) in [5, 5.41) is 0. The van der Waals surface area contributed by atoms with Crippen LogP contribution in [0.3, 0.4) is 0 Å². The lowest BCUT2D eigenvalue weighted by Gasteiger charge is -2.02. The third-order valence-corrected chi connectivity index (χ3v) is 2.52. The lowest BCUT2D eigenvalue weighted by molar-refractivity contribution is 0.121. The van der Waals surface area contributed by atoms with Gasteiger partial charge in [-0.3, -0.25) is 0 Å². The van der Waals surface area contributed by atoms with E-state index in [9.17, 15) is 4.79 Å². The summed E-state index contributed by atoms with van der Waals surface area (Å²) >= 11 is 0. The third-order valence-electron chi connectivity index (χ3n) is 2.52. The van der Waals surface area contributed by atoms with Crippen molar-refractivity contribution < 1.29 is 14.3 Å². The number of hydrogen-bond donors (Lipinski definition) is 0. The van der Waals surface area contributed by atoms with Gasteiger partial charge in [0.1, 0.15) is 5.75 Å². The highest BCUT2D eigenvalue weighted by Crippen LogP contribution is 2.15. The molecule has 0 spiro atoms. The first kappa shape index (κ1) is 12.9. The molecule has 0 aliphatic rings. The highest BCUT2D eigenvalue weighted by molar-refractivity contribution is 5.70. The Morgan fingerprint density at radius 1 is 0.895 bits per heavy atom. The van der Waals surface area contributed by atoms with Gasteiger partial charge >= 0.3 is 6.16 Å². The van der Waals surface area contributed by atoms with Crippen molar-refractivity contribution in [2.24, 2.45) is 0 Å². The highest BCUT2D eigenvalue weighted by Gasteiger charge is 2.01. The standard InChI is InChI=1S/C16H14O3/c1-18-16(17)19-15-11-9-14(10-12-15)8-7-13-5-3-2-4-6-13/h2-12H,1H3. The van der Waals surface area contributed by atoms with E-state index in [0.29, 0.717) is 5.75 Å². The van der Waals surface area contributed by atoms with Gasteiger partial charge in [-0.1, -0.05) is 54.6 Å². The number of carbonyl (C=O) groups excluding carboxylic acids is 1. The number of ether oxygens (including phenoxy) is 2. The number of rotatable bonds is 3. The van der Waals surface area contributed by atoms with Crippen LogP contribution in [-0.2, 0) is 4.74 Å². The van der Waals surface area contributed by atoms with Crippen molar-refractivity contribution in [1.82, 2.24) is 0 Å². The Morgan fingerprint density at radius 3 is 2.05 bits per heavy atom. The van der Waals surface area contributed by atoms with Gasteiger partial charge in [0.2, 0.25) is 0 Å². The summed E-state index contributed by atoms with van der Waals surface area (Å²) in [6.45, 7) is 0. The summed E-state index contributed by atoms with van der Waals surface area (Å²) in [7, 11) is 1.28. The Bertz CT molecular complexity index is 556. The lowest BCUT2D eigenvalue weighted by Crippen LogP contribution is -2.06. The van der Waals surface area contributed by atoms with Gasteiger partial charge in [0.15, 0.2) is 0 Å². The van der Waals surface area contributed by atoms with E-state index in [2.05, 4.69) is 4.74 Å². The zero-order valence-electron chi connectivity index (χ0n) is 10.6. The molecule has 0 bridgehead atoms. The predicted octanol–water partition coefficient (Wildman–Crippen LogP) is 4.00. The molecule has 2 aromatic rings. The van der Waals surface area contributed by atoms with Crippen molar-refractivity contribution >= 4 is 18.3 Å². The van der Waals surface area contributed by atoms with Crippen LogP contribution < -0.4 is 4.74 Å². The second-order valence-corrected chi connectivity index (χ2v) is 3.87. The molecule has 0 aromatic heterocycles. The highest BCUT2D eigenvalue weighted by atomic mass is 16.7. The zero-order valence-corrected chi connectivity index (χ0v) is 10.6. The molecule has 19 heavy (non-hydrogen) atoms. The first-order chi connectivity index (χ1) is 9.28. The van der Waals surface area contributed by atoms with Crippen molar-refractivity contribution in [2.75, 3.05) is 7.11 Å². The van der Waals surface area contributed by atoms with Crippen LogP contribution in [0.4, 0.5) is 4.79 Å². The molecule has 0 aliphatic heterocycles. The maximum Gasteiger partial charge on any atom is 0.513 e. The van der Waals surface area contributed by atoms with E-state index in [0.717, 1.165) is 11.1 Å². The molecule has 2 aromatic carbocycles. The molecule has 0 unspecified atom stereocenters. The summed E-state index contributed by atoms with van der Waals surface area (Å²) in [4.78, 5) is 10.9. The Morgan fingerprint density at radius 2 is 1.47 bits per heavy atom. The van der Waals surface area contributed by atoms with Gasteiger partial charge < -0.3 is 9.47 Å². The molecular formula is C16H14O3. The van der Waals surface area contributed by atoms with Crippen LogP contribution in [-0.4, -0.2) is 13.3 Å².